The molecule has 0 aliphatic heterocycles. The molecular weight excluding hydrogens is 379 g/mol. The van der Waals surface area contributed by atoms with Crippen molar-refractivity contribution in [3.05, 3.63) is 35.3 Å². The summed E-state index contributed by atoms with van der Waals surface area (Å²) in [6, 6.07) is 2.35. The van der Waals surface area contributed by atoms with Gasteiger partial charge in [0.1, 0.15) is 5.82 Å². The van der Waals surface area contributed by atoms with Gasteiger partial charge in [0.05, 0.1) is 23.6 Å². The summed E-state index contributed by atoms with van der Waals surface area (Å²) in [5.74, 6) is -1.07. The highest BCUT2D eigenvalue weighted by atomic mass is 19.1. The van der Waals surface area contributed by atoms with Gasteiger partial charge in [-0.05, 0) is 37.5 Å². The van der Waals surface area contributed by atoms with E-state index in [-0.39, 0.29) is 17.6 Å². The first-order chi connectivity index (χ1) is 13.7. The van der Waals surface area contributed by atoms with Crippen LogP contribution >= 0.6 is 0 Å². The zero-order valence-corrected chi connectivity index (χ0v) is 16.4. The van der Waals surface area contributed by atoms with Crippen LogP contribution in [0.25, 0.3) is 0 Å². The summed E-state index contributed by atoms with van der Waals surface area (Å²) in [5.41, 5.74) is 6.54. The molecule has 3 rings (SSSR count). The van der Waals surface area contributed by atoms with Crippen molar-refractivity contribution in [2.45, 2.75) is 31.9 Å². The van der Waals surface area contributed by atoms with Crippen LogP contribution in [0, 0.1) is 12.7 Å². The quantitative estimate of drug-likeness (QED) is 0.597. The van der Waals surface area contributed by atoms with E-state index in [0.717, 1.165) is 6.07 Å². The van der Waals surface area contributed by atoms with Crippen LogP contribution in [0.1, 0.15) is 28.8 Å². The molecule has 154 valence electrons. The normalized spacial score (nSPS) is 18.0. The Bertz CT molecular complexity index is 946. The lowest BCUT2D eigenvalue weighted by Crippen LogP contribution is -2.47. The Hall–Kier alpha value is -3.27. The molecule has 1 aromatic heterocycles. The Balaban J connectivity index is 1.96. The van der Waals surface area contributed by atoms with E-state index in [0.29, 0.717) is 42.0 Å². The first-order valence-corrected chi connectivity index (χ1v) is 9.04. The molecule has 2 amide bonds. The number of nitrogens with two attached hydrogens (primary N) is 1. The minimum atomic E-state index is -0.852. The molecule has 0 saturated heterocycles. The molecule has 0 radical (unpaired) electrons. The van der Waals surface area contributed by atoms with Gasteiger partial charge in [-0.1, -0.05) is 0 Å². The van der Waals surface area contributed by atoms with Crippen molar-refractivity contribution in [3.8, 4) is 0 Å². The number of halogens is 1. The minimum absolute atomic E-state index is 0.155. The number of hydrogen-bond donors (Lipinski definition) is 3. The maximum atomic E-state index is 14.1. The zero-order valence-electron chi connectivity index (χ0n) is 16.4. The van der Waals surface area contributed by atoms with Crippen molar-refractivity contribution < 1.29 is 19.1 Å². The van der Waals surface area contributed by atoms with Gasteiger partial charge in [-0.15, -0.1) is 0 Å². The van der Waals surface area contributed by atoms with Crippen LogP contribution in [0.15, 0.2) is 18.3 Å². The minimum Gasteiger partial charge on any atom is -0.393 e. The van der Waals surface area contributed by atoms with E-state index in [4.69, 9.17) is 5.73 Å². The first-order valence-electron chi connectivity index (χ1n) is 9.04. The maximum Gasteiger partial charge on any atom is 0.251 e. The third-order valence-corrected chi connectivity index (χ3v) is 4.90. The number of hydrogen-bond acceptors (Lipinski definition) is 7. The fourth-order valence-corrected chi connectivity index (χ4v) is 3.15. The number of carbonyl (C=O) groups excluding carboxylic acids is 2. The van der Waals surface area contributed by atoms with E-state index in [9.17, 15) is 19.1 Å². The van der Waals surface area contributed by atoms with Crippen molar-refractivity contribution in [2.75, 3.05) is 29.2 Å². The van der Waals surface area contributed by atoms with Gasteiger partial charge in [0.2, 0.25) is 12.4 Å². The molecule has 2 aromatic rings. The highest BCUT2D eigenvalue weighted by molar-refractivity contribution is 5.94. The number of amides is 2. The second-order valence-electron chi connectivity index (χ2n) is 7.22. The average Bonchev–Trinajstić information content (AvgIpc) is 2.63. The monoisotopic (exact) mass is 402 g/mol. The number of aliphatic hydroxyl groups is 1. The smallest absolute Gasteiger partial charge is 0.251 e. The Labute approximate surface area is 167 Å². The lowest BCUT2D eigenvalue weighted by molar-refractivity contribution is -0.108. The summed E-state index contributed by atoms with van der Waals surface area (Å²) in [6.45, 7) is 1.69. The van der Waals surface area contributed by atoms with E-state index >= 15 is 0 Å². The Morgan fingerprint density at radius 1 is 1.38 bits per heavy atom. The molecule has 9 nitrogen and oxygen atoms in total. The molecule has 29 heavy (non-hydrogen) atoms. The summed E-state index contributed by atoms with van der Waals surface area (Å²) in [5, 5.41) is 12.5. The number of benzene rings is 1. The molecule has 0 atom stereocenters. The van der Waals surface area contributed by atoms with Gasteiger partial charge in [-0.2, -0.15) is 4.98 Å². The van der Waals surface area contributed by atoms with Gasteiger partial charge in [0.15, 0.2) is 5.82 Å². The first kappa shape index (κ1) is 20.5. The lowest BCUT2D eigenvalue weighted by atomic mass is 9.88. The van der Waals surface area contributed by atoms with Crippen LogP contribution in [0.3, 0.4) is 0 Å². The van der Waals surface area contributed by atoms with Gasteiger partial charge in [-0.25, -0.2) is 9.37 Å². The second kappa shape index (κ2) is 8.00. The van der Waals surface area contributed by atoms with Gasteiger partial charge in [0, 0.05) is 25.8 Å². The third kappa shape index (κ3) is 4.11. The molecule has 1 heterocycles. The SMILES string of the molecule is Cc1cc(C(N)=O)c(F)cc1Nc1ncc(N(C)C)c(N(C=O)C2CC(O)C2)n1. The number of nitrogens with zero attached hydrogens (tertiary/aromatic N) is 4. The molecule has 0 spiro atoms. The number of rotatable bonds is 7. The highest BCUT2D eigenvalue weighted by Crippen LogP contribution is 2.34. The molecule has 1 aromatic carbocycles. The predicted molar refractivity (Wildman–Crippen MR) is 107 cm³/mol. The van der Waals surface area contributed by atoms with Crippen molar-refractivity contribution in [1.29, 1.82) is 0 Å². The summed E-state index contributed by atoms with van der Waals surface area (Å²) in [6.07, 6.45) is 2.75. The Kier molecular flexibility index (Phi) is 5.64. The molecule has 4 N–H and O–H groups in total. The van der Waals surface area contributed by atoms with Gasteiger partial charge < -0.3 is 21.1 Å². The van der Waals surface area contributed by atoms with E-state index in [1.54, 1.807) is 32.1 Å². The molecular formula is C19H23FN6O3. The summed E-state index contributed by atoms with van der Waals surface area (Å²) in [4.78, 5) is 35.0. The summed E-state index contributed by atoms with van der Waals surface area (Å²) >= 11 is 0. The van der Waals surface area contributed by atoms with Gasteiger partial charge in [0.25, 0.3) is 5.91 Å². The zero-order chi connectivity index (χ0) is 21.3. The highest BCUT2D eigenvalue weighted by Gasteiger charge is 2.34. The van der Waals surface area contributed by atoms with E-state index in [1.165, 1.54) is 11.0 Å². The van der Waals surface area contributed by atoms with E-state index in [2.05, 4.69) is 15.3 Å². The van der Waals surface area contributed by atoms with Crippen molar-refractivity contribution in [2.24, 2.45) is 5.73 Å². The van der Waals surface area contributed by atoms with Crippen molar-refractivity contribution >= 4 is 35.5 Å². The molecule has 1 saturated carbocycles. The van der Waals surface area contributed by atoms with Crippen LogP contribution in [-0.4, -0.2) is 53.6 Å². The fourth-order valence-electron chi connectivity index (χ4n) is 3.15. The molecule has 0 unspecified atom stereocenters. The van der Waals surface area contributed by atoms with Crippen LogP contribution in [-0.2, 0) is 4.79 Å². The van der Waals surface area contributed by atoms with Crippen LogP contribution in [0.5, 0.6) is 0 Å². The fraction of sp³-hybridized carbons (Fsp3) is 0.368. The van der Waals surface area contributed by atoms with E-state index < -0.39 is 17.8 Å². The maximum absolute atomic E-state index is 14.1. The van der Waals surface area contributed by atoms with Crippen molar-refractivity contribution in [3.63, 3.8) is 0 Å². The van der Waals surface area contributed by atoms with Crippen LogP contribution < -0.4 is 20.9 Å². The average molecular weight is 402 g/mol. The van der Waals surface area contributed by atoms with Crippen LogP contribution in [0.2, 0.25) is 0 Å². The third-order valence-electron chi connectivity index (χ3n) is 4.90. The lowest BCUT2D eigenvalue weighted by Gasteiger charge is -2.38. The number of anilines is 4. The summed E-state index contributed by atoms with van der Waals surface area (Å²) in [7, 11) is 3.60. The largest absolute Gasteiger partial charge is 0.393 e. The van der Waals surface area contributed by atoms with Crippen LogP contribution in [0.4, 0.5) is 27.5 Å². The number of primary amides is 1. The number of nitrogens with one attached hydrogen (secondary N) is 1. The Morgan fingerprint density at radius 2 is 2.07 bits per heavy atom. The molecule has 10 heteroatoms. The number of aryl methyl sites for hydroxylation is 1. The number of aliphatic hydroxyl groups excluding tert-OH is 1. The molecule has 1 aliphatic rings. The standard InChI is InChI=1S/C19H23FN6O3/c1-10-4-13(17(21)29)14(20)7-15(10)23-19-22-8-16(25(2)3)18(24-19)26(9-27)11-5-12(28)6-11/h4,7-9,11-12,28H,5-6H2,1-3H3,(H2,21,29)(H,22,23,24). The van der Waals surface area contributed by atoms with Gasteiger partial charge in [-0.3, -0.25) is 14.5 Å². The number of aromatic nitrogens is 2. The number of carbonyl (C=O) groups is 2. The topological polar surface area (TPSA) is 125 Å². The Morgan fingerprint density at radius 3 is 2.62 bits per heavy atom. The second-order valence-corrected chi connectivity index (χ2v) is 7.22. The van der Waals surface area contributed by atoms with Gasteiger partial charge >= 0.3 is 0 Å². The summed E-state index contributed by atoms with van der Waals surface area (Å²) < 4.78 is 14.1. The molecule has 1 aliphatic carbocycles. The van der Waals surface area contributed by atoms with Crippen molar-refractivity contribution in [1.82, 2.24) is 9.97 Å². The van der Waals surface area contributed by atoms with E-state index in [1.807, 2.05) is 0 Å². The predicted octanol–water partition coefficient (Wildman–Crippen LogP) is 1.32. The molecule has 1 fully saturated rings. The molecule has 0 bridgehead atoms.